The number of rotatable bonds is 16. The molecule has 0 aromatic heterocycles. The Kier molecular flexibility index (Phi) is 13.1. The third-order valence-electron chi connectivity index (χ3n) is 12.3. The fraction of sp³-hybridized carbons (Fsp3) is 0.408. The van der Waals surface area contributed by atoms with Crippen molar-refractivity contribution in [3.63, 3.8) is 0 Å². The first-order valence-electron chi connectivity index (χ1n) is 20.7. The minimum atomic E-state index is -5.23. The summed E-state index contributed by atoms with van der Waals surface area (Å²) in [6.07, 6.45) is 18.0. The molecule has 54 heavy (non-hydrogen) atoms. The molecule has 0 unspecified atom stereocenters. The van der Waals surface area contributed by atoms with Crippen molar-refractivity contribution in [2.75, 3.05) is 0 Å². The first-order chi connectivity index (χ1) is 25.5. The molecule has 2 aliphatic carbocycles. The zero-order valence-corrected chi connectivity index (χ0v) is 40.3. The summed E-state index contributed by atoms with van der Waals surface area (Å²) in [5, 5.41) is 0. The Balaban J connectivity index is 1.57. The molecule has 6 rings (SSSR count). The van der Waals surface area contributed by atoms with Gasteiger partial charge in [0.05, 0.1) is 0 Å². The third kappa shape index (κ3) is 9.45. The van der Waals surface area contributed by atoms with Crippen LogP contribution in [-0.4, -0.2) is 19.4 Å². The van der Waals surface area contributed by atoms with Crippen molar-refractivity contribution >= 4 is 36.4 Å². The van der Waals surface area contributed by atoms with Crippen LogP contribution in [0.1, 0.15) is 73.8 Å². The topological polar surface area (TPSA) is 0 Å². The summed E-state index contributed by atoms with van der Waals surface area (Å²) in [5.74, 6) is 0. The van der Waals surface area contributed by atoms with Gasteiger partial charge in [-0.25, -0.2) is 0 Å². The third-order valence-corrected chi connectivity index (χ3v) is 37.0. The van der Waals surface area contributed by atoms with Crippen LogP contribution in [0.4, 0.5) is 0 Å². The van der Waals surface area contributed by atoms with Gasteiger partial charge in [0, 0.05) is 0 Å². The molecule has 0 aliphatic heterocycles. The summed E-state index contributed by atoms with van der Waals surface area (Å²) in [7, 11) is 15.6. The first kappa shape index (κ1) is 41.8. The van der Waals surface area contributed by atoms with Gasteiger partial charge in [0.1, 0.15) is 0 Å². The molecule has 2 aliphatic rings. The Hall–Kier alpha value is -1.87. The van der Waals surface area contributed by atoms with Crippen LogP contribution in [0.5, 0.6) is 0 Å². The van der Waals surface area contributed by atoms with Gasteiger partial charge >= 0.3 is 341 Å². The van der Waals surface area contributed by atoms with E-state index < -0.39 is 32.1 Å². The predicted molar refractivity (Wildman–Crippen MR) is 244 cm³/mol. The van der Waals surface area contributed by atoms with Gasteiger partial charge < -0.3 is 0 Å². The number of fused-ring (bicyclic) bond motifs is 3. The number of aryl methyl sites for hydroxylation is 4. The van der Waals surface area contributed by atoms with E-state index >= 15 is 0 Å². The Labute approximate surface area is 338 Å². The van der Waals surface area contributed by atoms with Crippen LogP contribution in [0.3, 0.4) is 0 Å². The van der Waals surface area contributed by atoms with E-state index in [1.807, 2.05) is 0 Å². The van der Waals surface area contributed by atoms with Crippen LogP contribution in [0, 0.1) is 13.8 Å². The molecule has 0 radical (unpaired) electrons. The van der Waals surface area contributed by atoms with E-state index in [0.29, 0.717) is 0 Å². The van der Waals surface area contributed by atoms with Crippen molar-refractivity contribution in [2.24, 2.45) is 0 Å². The molecule has 0 fully saturated rings. The molecule has 0 saturated carbocycles. The molecule has 0 atom stereocenters. The average Bonchev–Trinajstić information content (AvgIpc) is 3.77. The number of unbranched alkanes of at least 4 members (excludes halogenated alkanes) is 2. The Bertz CT molecular complexity index is 1940. The summed E-state index contributed by atoms with van der Waals surface area (Å²) in [4.78, 5) is 0. The molecule has 0 N–H and O–H groups in total. The second kappa shape index (κ2) is 16.9. The summed E-state index contributed by atoms with van der Waals surface area (Å²) < 4.78 is 1.31. The fourth-order valence-corrected chi connectivity index (χ4v) is 29.9. The van der Waals surface area contributed by atoms with Gasteiger partial charge in [-0.3, -0.25) is 0 Å². The van der Waals surface area contributed by atoms with Crippen molar-refractivity contribution in [3.05, 3.63) is 154 Å². The van der Waals surface area contributed by atoms with Crippen molar-refractivity contribution < 1.29 is 15.9 Å². The summed E-state index contributed by atoms with van der Waals surface area (Å²) in [6, 6.07) is 34.8. The normalized spacial score (nSPS) is 14.9. The van der Waals surface area contributed by atoms with E-state index in [1.54, 1.807) is 0 Å². The second-order valence-electron chi connectivity index (χ2n) is 19.1. The molecular weight excluding hydrogens is 807 g/mol. The number of hydrogen-bond acceptors (Lipinski definition) is 0. The van der Waals surface area contributed by atoms with Crippen LogP contribution >= 0.6 is 17.0 Å². The van der Waals surface area contributed by atoms with Crippen LogP contribution < -0.4 is 0 Å². The van der Waals surface area contributed by atoms with E-state index in [9.17, 15) is 0 Å². The fourth-order valence-electron chi connectivity index (χ4n) is 9.21. The monoisotopic (exact) mass is 868 g/mol. The van der Waals surface area contributed by atoms with Crippen molar-refractivity contribution in [3.8, 4) is 11.1 Å². The number of allylic oxidation sites excluding steroid dienone is 4. The van der Waals surface area contributed by atoms with Gasteiger partial charge in [-0.2, -0.15) is 0 Å². The Morgan fingerprint density at radius 3 is 1.37 bits per heavy atom. The molecular formula is C49H64Cl2Si2Zr. The molecule has 0 amide bonds. The van der Waals surface area contributed by atoms with Gasteiger partial charge in [-0.1, -0.05) is 0 Å². The van der Waals surface area contributed by atoms with Gasteiger partial charge in [-0.15, -0.1) is 0 Å². The number of hydrogen-bond donors (Lipinski definition) is 0. The van der Waals surface area contributed by atoms with E-state index in [-0.39, 0.29) is 7.25 Å². The molecule has 0 saturated heterocycles. The zero-order chi connectivity index (χ0) is 38.8. The molecule has 5 heteroatoms. The van der Waals surface area contributed by atoms with Gasteiger partial charge in [0.2, 0.25) is 0 Å². The van der Waals surface area contributed by atoms with Crippen LogP contribution in [-0.2, 0) is 41.6 Å². The summed E-state index contributed by atoms with van der Waals surface area (Å²) in [5.41, 5.74) is 13.8. The maximum atomic E-state index is 8.85. The van der Waals surface area contributed by atoms with E-state index in [1.165, 1.54) is 96.6 Å². The summed E-state index contributed by atoms with van der Waals surface area (Å²) in [6.45, 7) is 19.7. The molecule has 286 valence electrons. The Morgan fingerprint density at radius 2 is 0.981 bits per heavy atom. The summed E-state index contributed by atoms with van der Waals surface area (Å²) >= 11 is -5.23. The predicted octanol–water partition coefficient (Wildman–Crippen LogP) is 15.3. The van der Waals surface area contributed by atoms with Crippen LogP contribution in [0.25, 0.3) is 11.1 Å². The van der Waals surface area contributed by atoms with E-state index in [0.717, 1.165) is 25.7 Å². The average molecular weight is 871 g/mol. The molecule has 0 spiro atoms. The van der Waals surface area contributed by atoms with Crippen molar-refractivity contribution in [2.45, 2.75) is 124 Å². The zero-order valence-electron chi connectivity index (χ0n) is 34.4. The molecule has 0 bridgehead atoms. The van der Waals surface area contributed by atoms with E-state index in [4.69, 9.17) is 17.0 Å². The molecule has 4 aromatic rings. The molecule has 4 aromatic carbocycles. The minimum absolute atomic E-state index is 0.00379. The Morgan fingerprint density at radius 1 is 0.574 bits per heavy atom. The van der Waals surface area contributed by atoms with Gasteiger partial charge in [0.15, 0.2) is 0 Å². The molecule has 0 heterocycles. The number of halogens is 2. The van der Waals surface area contributed by atoms with Crippen LogP contribution in [0.2, 0.25) is 55.0 Å². The van der Waals surface area contributed by atoms with Crippen LogP contribution in [0.15, 0.2) is 109 Å². The van der Waals surface area contributed by atoms with Gasteiger partial charge in [-0.05, 0) is 0 Å². The van der Waals surface area contributed by atoms with Crippen molar-refractivity contribution in [1.29, 1.82) is 0 Å². The maximum absolute atomic E-state index is 8.85. The standard InChI is InChI=1S/C29H45Si2.C15H14.C5H5.2ClH.Zr/c1-22-17-26-19-27-18-23(2)25(14-10-12-16-31(6,7)8)21-29(27)28(26)20-24(22)13-9-11-15-30(3,4)5;1-3-8-14(9-4-1)12-7-13-15-10-5-2-6-11-15;1-2-4-5-3-1;;;/h17-21H,9-16H2,1-8H3;1-6,8-11H,12-13H2;1-5H;2*1H;/q;;;;;+2/p-2. The van der Waals surface area contributed by atoms with E-state index in [2.05, 4.69) is 162 Å². The van der Waals surface area contributed by atoms with Gasteiger partial charge in [0.25, 0.3) is 0 Å². The second-order valence-corrected chi connectivity index (χ2v) is 51.6. The first-order valence-corrected chi connectivity index (χ1v) is 38.5. The quantitative estimate of drug-likeness (QED) is 0.0777. The van der Waals surface area contributed by atoms with Crippen molar-refractivity contribution in [1.82, 2.24) is 0 Å². The molecule has 0 nitrogen and oxygen atoms in total. The SMILES string of the molecule is Cc1cc2c(cc1CCCC[Si](C)(C)C)-c1cc(CCCC[Si](C)(C)C)c(C)cc1[CH]2[Zr]([Cl])([Cl])(=[C](Cc1ccccc1)Cc1ccccc1)[CH]1C=CC=C1. The number of benzene rings is 4.